The van der Waals surface area contributed by atoms with Gasteiger partial charge in [-0.2, -0.15) is 0 Å². The van der Waals surface area contributed by atoms with Gasteiger partial charge in [-0.15, -0.1) is 0 Å². The Morgan fingerprint density at radius 2 is 1.73 bits per heavy atom. The fraction of sp³-hybridized carbons (Fsp3) is 0.519. The number of halogens is 1. The maximum Gasteiger partial charge on any atom is 0.227 e. The molecule has 2 aliphatic heterocycles. The van der Waals surface area contributed by atoms with Crippen LogP contribution < -0.4 is 9.80 Å². The molecule has 1 amide bonds. The third kappa shape index (κ3) is 4.38. The molecule has 5 rings (SSSR count). The lowest BCUT2D eigenvalue weighted by atomic mass is 9.89. The predicted molar refractivity (Wildman–Crippen MR) is 129 cm³/mol. The Labute approximate surface area is 195 Å². The van der Waals surface area contributed by atoms with Gasteiger partial charge in [0.05, 0.1) is 5.60 Å². The van der Waals surface area contributed by atoms with Gasteiger partial charge in [-0.3, -0.25) is 4.79 Å². The van der Waals surface area contributed by atoms with Crippen LogP contribution in [-0.4, -0.2) is 55.7 Å². The van der Waals surface area contributed by atoms with E-state index in [0.717, 1.165) is 80.8 Å². The Bertz CT molecular complexity index is 1030. The van der Waals surface area contributed by atoms with Crippen molar-refractivity contribution in [1.82, 2.24) is 4.90 Å². The van der Waals surface area contributed by atoms with E-state index in [1.54, 1.807) is 6.07 Å². The molecule has 0 spiro atoms. The van der Waals surface area contributed by atoms with Crippen molar-refractivity contribution in [2.24, 2.45) is 0 Å². The lowest BCUT2D eigenvalue weighted by molar-refractivity contribution is -0.117. The Morgan fingerprint density at radius 3 is 2.42 bits per heavy atom. The van der Waals surface area contributed by atoms with Gasteiger partial charge in [0.1, 0.15) is 5.82 Å². The molecule has 0 aromatic heterocycles. The van der Waals surface area contributed by atoms with Crippen molar-refractivity contribution >= 4 is 17.3 Å². The second-order valence-corrected chi connectivity index (χ2v) is 9.94. The summed E-state index contributed by atoms with van der Waals surface area (Å²) < 4.78 is 15.2. The van der Waals surface area contributed by atoms with Gasteiger partial charge < -0.3 is 19.8 Å². The van der Waals surface area contributed by atoms with Crippen molar-refractivity contribution in [2.45, 2.75) is 50.5 Å². The lowest BCUT2D eigenvalue weighted by Gasteiger charge is -2.35. The zero-order valence-corrected chi connectivity index (χ0v) is 19.5. The van der Waals surface area contributed by atoms with E-state index in [9.17, 15) is 9.90 Å². The Morgan fingerprint density at radius 1 is 0.970 bits per heavy atom. The van der Waals surface area contributed by atoms with Crippen molar-refractivity contribution in [3.05, 3.63) is 58.9 Å². The van der Waals surface area contributed by atoms with Crippen molar-refractivity contribution in [2.75, 3.05) is 49.6 Å². The van der Waals surface area contributed by atoms with Crippen LogP contribution >= 0.6 is 0 Å². The summed E-state index contributed by atoms with van der Waals surface area (Å²) in [6.45, 7) is 4.33. The van der Waals surface area contributed by atoms with Crippen molar-refractivity contribution in [1.29, 1.82) is 0 Å². The molecule has 33 heavy (non-hydrogen) atoms. The smallest absolute Gasteiger partial charge is 0.227 e. The highest BCUT2D eigenvalue weighted by atomic mass is 19.1. The fourth-order valence-corrected chi connectivity index (χ4v) is 5.66. The zero-order chi connectivity index (χ0) is 23.0. The molecule has 0 bridgehead atoms. The molecule has 2 saturated heterocycles. The highest BCUT2D eigenvalue weighted by Crippen LogP contribution is 2.41. The molecule has 3 aliphatic rings. The standard InChI is InChI=1S/C27H34FN3O2/c1-29-14-16-30(17-15-29)24-7-4-6-23(28)22(24)18-20-9-10-21(27(33)11-2-3-12-27)19-25(20)31-13-5-8-26(31)32/h4,6-7,9-10,19,33H,2-3,5,8,11-18H2,1H3. The van der Waals surface area contributed by atoms with E-state index >= 15 is 4.39 Å². The average molecular weight is 452 g/mol. The second kappa shape index (κ2) is 9.07. The summed E-state index contributed by atoms with van der Waals surface area (Å²) >= 11 is 0. The predicted octanol–water partition coefficient (Wildman–Crippen LogP) is 4.06. The van der Waals surface area contributed by atoms with Crippen LogP contribution in [0.5, 0.6) is 0 Å². The second-order valence-electron chi connectivity index (χ2n) is 9.94. The minimum atomic E-state index is -0.820. The van der Waals surface area contributed by atoms with Gasteiger partial charge in [0.2, 0.25) is 5.91 Å². The molecular weight excluding hydrogens is 417 g/mol. The van der Waals surface area contributed by atoms with E-state index in [1.807, 2.05) is 29.2 Å². The molecular formula is C27H34FN3O2. The maximum atomic E-state index is 15.2. The first-order chi connectivity index (χ1) is 15.9. The van der Waals surface area contributed by atoms with Crippen LogP contribution in [0.3, 0.4) is 0 Å². The normalized spacial score (nSPS) is 21.2. The van der Waals surface area contributed by atoms with E-state index in [0.29, 0.717) is 24.9 Å². The topological polar surface area (TPSA) is 47.0 Å². The van der Waals surface area contributed by atoms with Gasteiger partial charge in [0.25, 0.3) is 0 Å². The monoisotopic (exact) mass is 451 g/mol. The summed E-state index contributed by atoms with van der Waals surface area (Å²) in [5, 5.41) is 11.2. The zero-order valence-electron chi connectivity index (χ0n) is 19.5. The quantitative estimate of drug-likeness (QED) is 0.745. The number of piperazine rings is 1. The van der Waals surface area contributed by atoms with E-state index in [4.69, 9.17) is 0 Å². The maximum absolute atomic E-state index is 15.2. The van der Waals surface area contributed by atoms with Crippen LogP contribution in [0.1, 0.15) is 55.2 Å². The van der Waals surface area contributed by atoms with Gasteiger partial charge >= 0.3 is 0 Å². The van der Waals surface area contributed by atoms with Crippen LogP contribution in [0.15, 0.2) is 36.4 Å². The molecule has 0 unspecified atom stereocenters. The molecule has 1 N–H and O–H groups in total. The number of nitrogens with zero attached hydrogens (tertiary/aromatic N) is 3. The summed E-state index contributed by atoms with van der Waals surface area (Å²) in [6, 6.07) is 11.3. The highest BCUT2D eigenvalue weighted by molar-refractivity contribution is 5.96. The number of carbonyl (C=O) groups is 1. The number of amides is 1. The molecule has 1 saturated carbocycles. The molecule has 6 heteroatoms. The van der Waals surface area contributed by atoms with Crippen LogP contribution in [0.4, 0.5) is 15.8 Å². The number of aliphatic hydroxyl groups is 1. The number of carbonyl (C=O) groups excluding carboxylic acids is 1. The number of hydrogen-bond acceptors (Lipinski definition) is 4. The van der Waals surface area contributed by atoms with E-state index in [-0.39, 0.29) is 11.7 Å². The third-order valence-electron chi connectivity index (χ3n) is 7.72. The number of likely N-dealkylation sites (N-methyl/N-ethyl adjacent to an activating group) is 1. The summed E-state index contributed by atoms with van der Waals surface area (Å²) in [5.74, 6) is -0.0942. The summed E-state index contributed by atoms with van der Waals surface area (Å²) in [7, 11) is 2.11. The van der Waals surface area contributed by atoms with Gasteiger partial charge in [-0.05, 0) is 55.6 Å². The number of hydrogen-bond donors (Lipinski definition) is 1. The Balaban J connectivity index is 1.53. The van der Waals surface area contributed by atoms with E-state index in [1.165, 1.54) is 6.07 Å². The van der Waals surface area contributed by atoms with Crippen molar-refractivity contribution in [3.8, 4) is 0 Å². The summed E-state index contributed by atoms with van der Waals surface area (Å²) in [5.41, 5.74) is 3.46. The summed E-state index contributed by atoms with van der Waals surface area (Å²) in [4.78, 5) is 19.1. The minimum Gasteiger partial charge on any atom is -0.385 e. The molecule has 2 aromatic carbocycles. The average Bonchev–Trinajstić information content (AvgIpc) is 3.45. The molecule has 0 atom stereocenters. The SMILES string of the molecule is CN1CCN(c2cccc(F)c2Cc2ccc(C3(O)CCCC3)cc2N2CCCC2=O)CC1. The van der Waals surface area contributed by atoms with Crippen LogP contribution in [0.25, 0.3) is 0 Å². The Kier molecular flexibility index (Phi) is 6.14. The molecule has 1 aliphatic carbocycles. The summed E-state index contributed by atoms with van der Waals surface area (Å²) in [6.07, 6.45) is 5.33. The van der Waals surface area contributed by atoms with Crippen molar-refractivity contribution < 1.29 is 14.3 Å². The molecule has 0 radical (unpaired) electrons. The van der Waals surface area contributed by atoms with Gasteiger partial charge in [0.15, 0.2) is 0 Å². The first-order valence-electron chi connectivity index (χ1n) is 12.3. The molecule has 5 nitrogen and oxygen atoms in total. The molecule has 2 heterocycles. The Hall–Kier alpha value is -2.44. The van der Waals surface area contributed by atoms with Gasteiger partial charge in [-0.25, -0.2) is 4.39 Å². The highest BCUT2D eigenvalue weighted by Gasteiger charge is 2.35. The van der Waals surface area contributed by atoms with Crippen LogP contribution in [-0.2, 0) is 16.8 Å². The largest absolute Gasteiger partial charge is 0.385 e. The first-order valence-corrected chi connectivity index (χ1v) is 12.3. The van der Waals surface area contributed by atoms with Crippen molar-refractivity contribution in [3.63, 3.8) is 0 Å². The first kappa shape index (κ1) is 22.4. The van der Waals surface area contributed by atoms with Gasteiger partial charge in [-0.1, -0.05) is 31.0 Å². The van der Waals surface area contributed by atoms with Crippen LogP contribution in [0, 0.1) is 5.82 Å². The number of benzene rings is 2. The molecule has 176 valence electrons. The van der Waals surface area contributed by atoms with Gasteiger partial charge in [0, 0.05) is 62.5 Å². The third-order valence-corrected chi connectivity index (χ3v) is 7.72. The number of rotatable bonds is 5. The van der Waals surface area contributed by atoms with Crippen LogP contribution in [0.2, 0.25) is 0 Å². The molecule has 3 fully saturated rings. The number of anilines is 2. The fourth-order valence-electron chi connectivity index (χ4n) is 5.66. The van der Waals surface area contributed by atoms with E-state index < -0.39 is 5.60 Å². The lowest BCUT2D eigenvalue weighted by Crippen LogP contribution is -2.44. The minimum absolute atomic E-state index is 0.111. The van der Waals surface area contributed by atoms with E-state index in [2.05, 4.69) is 16.8 Å². The molecule has 2 aromatic rings.